The third-order valence-corrected chi connectivity index (χ3v) is 8.93. The summed E-state index contributed by atoms with van der Waals surface area (Å²) < 4.78 is 29.7. The molecule has 0 aliphatic carbocycles. The normalized spacial score (nSPS) is 16.4. The maximum Gasteiger partial charge on any atom is 0.241 e. The van der Waals surface area contributed by atoms with Crippen LogP contribution < -0.4 is 14.9 Å². The highest BCUT2D eigenvalue weighted by Gasteiger charge is 2.32. The van der Waals surface area contributed by atoms with Crippen LogP contribution in [0.3, 0.4) is 0 Å². The molecule has 2 N–H and O–H groups in total. The van der Waals surface area contributed by atoms with E-state index in [-0.39, 0.29) is 23.1 Å². The molecule has 2 aliphatic rings. The highest BCUT2D eigenvalue weighted by Crippen LogP contribution is 2.26. The van der Waals surface area contributed by atoms with Crippen LogP contribution in [0.25, 0.3) is 0 Å². The summed E-state index contributed by atoms with van der Waals surface area (Å²) in [7, 11) is -4.00. The molecule has 9 heteroatoms. The second-order valence-corrected chi connectivity index (χ2v) is 12.0. The minimum absolute atomic E-state index is 0.0811. The summed E-state index contributed by atoms with van der Waals surface area (Å²) >= 11 is 0. The zero-order chi connectivity index (χ0) is 27.6. The first kappa shape index (κ1) is 26.9. The zero-order valence-electron chi connectivity index (χ0n) is 22.3. The number of piperazine rings is 1. The van der Waals surface area contributed by atoms with Crippen LogP contribution in [0.4, 0.5) is 11.4 Å². The van der Waals surface area contributed by atoms with Crippen LogP contribution in [0.15, 0.2) is 71.6 Å². The molecule has 0 saturated carbocycles. The van der Waals surface area contributed by atoms with Crippen LogP contribution in [-0.4, -0.2) is 57.4 Å². The summed E-state index contributed by atoms with van der Waals surface area (Å²) in [6.45, 7) is 6.54. The molecule has 2 amide bonds. The van der Waals surface area contributed by atoms with Crippen molar-refractivity contribution in [3.05, 3.63) is 89.0 Å². The first-order chi connectivity index (χ1) is 18.7. The fourth-order valence-corrected chi connectivity index (χ4v) is 6.50. The molecule has 204 valence electrons. The highest BCUT2D eigenvalue weighted by atomic mass is 32.2. The topological polar surface area (TPSA) is 98.8 Å². The number of nitrogens with one attached hydrogen (secondary N) is 2. The van der Waals surface area contributed by atoms with Gasteiger partial charge in [-0.1, -0.05) is 42.5 Å². The van der Waals surface area contributed by atoms with Gasteiger partial charge in [0.1, 0.15) is 6.04 Å². The van der Waals surface area contributed by atoms with E-state index in [2.05, 4.69) is 47.0 Å². The summed E-state index contributed by atoms with van der Waals surface area (Å²) in [6, 6.07) is 19.6. The van der Waals surface area contributed by atoms with E-state index in [9.17, 15) is 18.0 Å². The molecule has 1 atom stereocenters. The van der Waals surface area contributed by atoms with E-state index in [1.54, 1.807) is 17.0 Å². The van der Waals surface area contributed by atoms with Crippen molar-refractivity contribution in [1.29, 1.82) is 0 Å². The molecule has 0 spiro atoms. The Balaban J connectivity index is 1.34. The van der Waals surface area contributed by atoms with Gasteiger partial charge in [0.25, 0.3) is 0 Å². The Morgan fingerprint density at radius 3 is 2.44 bits per heavy atom. The lowest BCUT2D eigenvalue weighted by atomic mass is 10.0. The Morgan fingerprint density at radius 1 is 0.949 bits per heavy atom. The van der Waals surface area contributed by atoms with Crippen molar-refractivity contribution in [2.75, 3.05) is 36.4 Å². The first-order valence-electron chi connectivity index (χ1n) is 13.3. The number of carbonyl (C=O) groups is 2. The maximum atomic E-state index is 13.8. The summed E-state index contributed by atoms with van der Waals surface area (Å²) in [5.41, 5.74) is 5.83. The van der Waals surface area contributed by atoms with Gasteiger partial charge in [-0.15, -0.1) is 0 Å². The van der Waals surface area contributed by atoms with Crippen molar-refractivity contribution in [3.63, 3.8) is 0 Å². The highest BCUT2D eigenvalue weighted by molar-refractivity contribution is 7.89. The lowest BCUT2D eigenvalue weighted by Crippen LogP contribution is -2.55. The molecule has 2 aliphatic heterocycles. The minimum Gasteiger partial charge on any atom is -0.368 e. The molecule has 1 fully saturated rings. The van der Waals surface area contributed by atoms with Gasteiger partial charge in [-0.25, -0.2) is 8.42 Å². The molecule has 3 aromatic carbocycles. The van der Waals surface area contributed by atoms with E-state index in [4.69, 9.17) is 0 Å². The van der Waals surface area contributed by atoms with Crippen LogP contribution in [-0.2, 0) is 32.5 Å². The number of rotatable bonds is 7. The average molecular weight is 547 g/mol. The van der Waals surface area contributed by atoms with Crippen molar-refractivity contribution in [2.45, 2.75) is 44.0 Å². The SMILES string of the molecule is Cc1ccc(C)c(N2CCN(C(=O)C(Cc3ccccc3)NS(=O)(=O)c3ccc4c(c3)CCC(=O)N4)CC2)c1. The average Bonchev–Trinajstić information content (AvgIpc) is 2.94. The first-order valence-corrected chi connectivity index (χ1v) is 14.8. The number of sulfonamides is 1. The number of anilines is 2. The Bertz CT molecular complexity index is 1480. The Hall–Kier alpha value is -3.69. The van der Waals surface area contributed by atoms with Gasteiger partial charge in [-0.3, -0.25) is 9.59 Å². The fraction of sp³-hybridized carbons (Fsp3) is 0.333. The molecule has 5 rings (SSSR count). The number of fused-ring (bicyclic) bond motifs is 1. The number of amides is 2. The zero-order valence-corrected chi connectivity index (χ0v) is 23.1. The van der Waals surface area contributed by atoms with Gasteiger partial charge in [-0.2, -0.15) is 4.72 Å². The van der Waals surface area contributed by atoms with E-state index in [1.165, 1.54) is 22.9 Å². The van der Waals surface area contributed by atoms with E-state index in [0.717, 1.165) is 11.1 Å². The molecule has 8 nitrogen and oxygen atoms in total. The minimum atomic E-state index is -4.00. The second-order valence-electron chi connectivity index (χ2n) is 10.3. The molecule has 1 saturated heterocycles. The smallest absolute Gasteiger partial charge is 0.241 e. The molecule has 0 aromatic heterocycles. The maximum absolute atomic E-state index is 13.8. The summed E-state index contributed by atoms with van der Waals surface area (Å²) in [4.78, 5) is 29.6. The summed E-state index contributed by atoms with van der Waals surface area (Å²) in [6.07, 6.45) is 1.03. The van der Waals surface area contributed by atoms with Gasteiger partial charge < -0.3 is 15.1 Å². The largest absolute Gasteiger partial charge is 0.368 e. The molecule has 0 bridgehead atoms. The molecular weight excluding hydrogens is 512 g/mol. The summed E-state index contributed by atoms with van der Waals surface area (Å²) in [5.74, 6) is -0.310. The second kappa shape index (κ2) is 11.2. The van der Waals surface area contributed by atoms with Gasteiger partial charge in [-0.05, 0) is 73.2 Å². The van der Waals surface area contributed by atoms with Crippen molar-refractivity contribution >= 4 is 33.2 Å². The molecule has 0 radical (unpaired) electrons. The van der Waals surface area contributed by atoms with Crippen molar-refractivity contribution < 1.29 is 18.0 Å². The van der Waals surface area contributed by atoms with E-state index < -0.39 is 16.1 Å². The monoisotopic (exact) mass is 546 g/mol. The van der Waals surface area contributed by atoms with E-state index in [0.29, 0.717) is 44.7 Å². The van der Waals surface area contributed by atoms with Crippen molar-refractivity contribution in [1.82, 2.24) is 9.62 Å². The molecule has 3 aromatic rings. The lowest BCUT2D eigenvalue weighted by molar-refractivity contribution is -0.133. The van der Waals surface area contributed by atoms with Crippen LogP contribution >= 0.6 is 0 Å². The number of benzene rings is 3. The number of hydrogen-bond acceptors (Lipinski definition) is 5. The van der Waals surface area contributed by atoms with Crippen LogP contribution in [0.1, 0.15) is 28.7 Å². The predicted octanol–water partition coefficient (Wildman–Crippen LogP) is 3.43. The number of hydrogen-bond donors (Lipinski definition) is 2. The standard InChI is InChI=1S/C30H34N4O4S/c1-21-8-9-22(2)28(18-21)33-14-16-34(17-15-33)30(36)27(19-23-6-4-3-5-7-23)32-39(37,38)25-11-12-26-24(20-25)10-13-29(35)31-26/h3-9,11-12,18,20,27,32H,10,13-17,19H2,1-2H3,(H,31,35). The predicted molar refractivity (Wildman–Crippen MR) is 152 cm³/mol. The third-order valence-electron chi connectivity index (χ3n) is 7.46. The number of carbonyl (C=O) groups excluding carboxylic acids is 2. The van der Waals surface area contributed by atoms with Gasteiger partial charge in [0, 0.05) is 44.0 Å². The summed E-state index contributed by atoms with van der Waals surface area (Å²) in [5, 5.41) is 2.78. The quantitative estimate of drug-likeness (QED) is 0.473. The molecule has 1 unspecified atom stereocenters. The fourth-order valence-electron chi connectivity index (χ4n) is 5.26. The third kappa shape index (κ3) is 6.15. The van der Waals surface area contributed by atoms with Crippen LogP contribution in [0, 0.1) is 13.8 Å². The van der Waals surface area contributed by atoms with Crippen molar-refractivity contribution in [3.8, 4) is 0 Å². The van der Waals surface area contributed by atoms with E-state index in [1.807, 2.05) is 30.3 Å². The van der Waals surface area contributed by atoms with Gasteiger partial charge >= 0.3 is 0 Å². The lowest BCUT2D eigenvalue weighted by Gasteiger charge is -2.38. The Kier molecular flexibility index (Phi) is 7.72. The molecule has 2 heterocycles. The Morgan fingerprint density at radius 2 is 1.69 bits per heavy atom. The van der Waals surface area contributed by atoms with Gasteiger partial charge in [0.05, 0.1) is 4.90 Å². The van der Waals surface area contributed by atoms with Gasteiger partial charge in [0.2, 0.25) is 21.8 Å². The van der Waals surface area contributed by atoms with Crippen LogP contribution in [0.5, 0.6) is 0 Å². The Labute approximate surface area is 230 Å². The van der Waals surface area contributed by atoms with Crippen LogP contribution in [0.2, 0.25) is 0 Å². The number of aryl methyl sites for hydroxylation is 3. The molecular formula is C30H34N4O4S. The number of nitrogens with zero attached hydrogens (tertiary/aromatic N) is 2. The van der Waals surface area contributed by atoms with Crippen molar-refractivity contribution in [2.24, 2.45) is 0 Å². The van der Waals surface area contributed by atoms with E-state index >= 15 is 0 Å². The van der Waals surface area contributed by atoms with Gasteiger partial charge in [0.15, 0.2) is 0 Å². The molecule has 39 heavy (non-hydrogen) atoms.